The van der Waals surface area contributed by atoms with E-state index in [-0.39, 0.29) is 18.1 Å². The zero-order valence-corrected chi connectivity index (χ0v) is 24.7. The molecular weight excluding hydrogens is 609 g/mol. The molecule has 2 aliphatic rings. The van der Waals surface area contributed by atoms with Crippen molar-refractivity contribution >= 4 is 58.2 Å². The van der Waals surface area contributed by atoms with Gasteiger partial charge in [0, 0.05) is 16.5 Å². The molecule has 1 aromatic heterocycles. The molecule has 224 valence electrons. The van der Waals surface area contributed by atoms with Gasteiger partial charge in [-0.1, -0.05) is 35.2 Å². The summed E-state index contributed by atoms with van der Waals surface area (Å²) in [5.41, 5.74) is 1.66. The van der Waals surface area contributed by atoms with E-state index < -0.39 is 46.6 Å². The first-order valence-electron chi connectivity index (χ1n) is 13.6. The smallest absolute Gasteiger partial charge is 0.338 e. The zero-order valence-electron chi connectivity index (χ0n) is 23.1. The molecule has 0 spiro atoms. The van der Waals surface area contributed by atoms with Gasteiger partial charge in [0.2, 0.25) is 11.8 Å². The van der Waals surface area contributed by atoms with E-state index in [4.69, 9.17) is 9.47 Å². The molecule has 13 heteroatoms. The number of carbonyl (C=O) groups excluding carboxylic acids is 4. The van der Waals surface area contributed by atoms with Gasteiger partial charge in [0.1, 0.15) is 16.8 Å². The van der Waals surface area contributed by atoms with E-state index in [0.717, 1.165) is 28.0 Å². The number of carbonyl (C=O) groups is 4. The predicted octanol–water partition coefficient (Wildman–Crippen LogP) is 4.57. The monoisotopic (exact) mass is 633 g/mol. The molecule has 3 amide bonds. The van der Waals surface area contributed by atoms with Crippen molar-refractivity contribution in [3.63, 3.8) is 0 Å². The lowest BCUT2D eigenvalue weighted by Crippen LogP contribution is -2.32. The van der Waals surface area contributed by atoms with Crippen molar-refractivity contribution in [1.29, 1.82) is 0 Å². The molecular formula is C31H24FN3O7S2. The first-order valence-corrected chi connectivity index (χ1v) is 15.3. The highest BCUT2D eigenvalue weighted by Crippen LogP contribution is 2.53. The normalized spacial score (nSPS) is 18.9. The van der Waals surface area contributed by atoms with Crippen LogP contribution >= 0.6 is 23.1 Å². The van der Waals surface area contributed by atoms with E-state index in [1.54, 1.807) is 31.2 Å². The number of H-pyrrole nitrogens is 1. The lowest BCUT2D eigenvalue weighted by atomic mass is 9.83. The van der Waals surface area contributed by atoms with Gasteiger partial charge < -0.3 is 19.8 Å². The minimum atomic E-state index is -0.826. The maximum absolute atomic E-state index is 14.0. The van der Waals surface area contributed by atoms with Crippen LogP contribution in [0.2, 0.25) is 0 Å². The first-order chi connectivity index (χ1) is 21.2. The highest BCUT2D eigenvalue weighted by molar-refractivity contribution is 8.00. The molecule has 0 aliphatic carbocycles. The number of amides is 3. The Bertz CT molecular complexity index is 1820. The predicted molar refractivity (Wildman–Crippen MR) is 162 cm³/mol. The minimum Gasteiger partial charge on any atom is -0.484 e. The number of thioether (sulfide) groups is 1. The average Bonchev–Trinajstić information content (AvgIpc) is 3.51. The van der Waals surface area contributed by atoms with Crippen LogP contribution < -0.4 is 19.8 Å². The molecule has 2 aliphatic heterocycles. The number of hydrogen-bond acceptors (Lipinski definition) is 9. The molecule has 3 heterocycles. The van der Waals surface area contributed by atoms with Gasteiger partial charge in [-0.15, -0.1) is 0 Å². The molecule has 44 heavy (non-hydrogen) atoms. The third kappa shape index (κ3) is 5.63. The number of halogens is 1. The summed E-state index contributed by atoms with van der Waals surface area (Å²) < 4.78 is 23.9. The Morgan fingerprint density at radius 1 is 1.00 bits per heavy atom. The van der Waals surface area contributed by atoms with Gasteiger partial charge >= 0.3 is 10.8 Å². The van der Waals surface area contributed by atoms with Crippen molar-refractivity contribution in [2.45, 2.75) is 23.1 Å². The summed E-state index contributed by atoms with van der Waals surface area (Å²) >= 11 is 2.13. The van der Waals surface area contributed by atoms with E-state index in [9.17, 15) is 28.4 Å². The SMILES string of the molecule is CCOC(=O)c1ccc(N2C(=O)C3Sc4[nH]c(=O)sc4C(c4cccc(OCC(=O)Nc5ccc(F)cc5)c4)C3C2=O)cc1. The Labute approximate surface area is 258 Å². The van der Waals surface area contributed by atoms with E-state index in [1.165, 1.54) is 48.5 Å². The van der Waals surface area contributed by atoms with Crippen molar-refractivity contribution in [3.05, 3.63) is 104 Å². The molecule has 3 atom stereocenters. The second kappa shape index (κ2) is 12.1. The summed E-state index contributed by atoms with van der Waals surface area (Å²) in [5.74, 6) is -3.37. The summed E-state index contributed by atoms with van der Waals surface area (Å²) in [7, 11) is 0. The van der Waals surface area contributed by atoms with Crippen molar-refractivity contribution < 1.29 is 33.0 Å². The van der Waals surface area contributed by atoms with E-state index >= 15 is 0 Å². The maximum Gasteiger partial charge on any atom is 0.338 e. The number of imide groups is 1. The largest absolute Gasteiger partial charge is 0.484 e. The number of aromatic nitrogens is 1. The third-order valence-electron chi connectivity index (χ3n) is 7.18. The Kier molecular flexibility index (Phi) is 8.06. The van der Waals surface area contributed by atoms with Crippen LogP contribution in [-0.2, 0) is 19.1 Å². The summed E-state index contributed by atoms with van der Waals surface area (Å²) in [6.45, 7) is 1.58. The standard InChI is InChI=1S/C31H24FN3O7S2/c1-2-41-30(39)16-6-12-20(13-7-16)35-28(37)24-23(25-27(34-31(40)44-25)43-26(24)29(35)38)17-4-3-5-21(14-17)42-15-22(36)33-19-10-8-18(32)9-11-19/h3-14,23-24,26H,2,15H2,1H3,(H,33,36)(H,34,40). The van der Waals surface area contributed by atoms with Crippen molar-refractivity contribution in [1.82, 2.24) is 4.98 Å². The number of hydrogen-bond donors (Lipinski definition) is 2. The number of ether oxygens (including phenoxy) is 2. The van der Waals surface area contributed by atoms with Crippen molar-refractivity contribution in [2.75, 3.05) is 23.4 Å². The molecule has 2 N–H and O–H groups in total. The van der Waals surface area contributed by atoms with Crippen LogP contribution in [0.1, 0.15) is 33.6 Å². The lowest BCUT2D eigenvalue weighted by molar-refractivity contribution is -0.122. The fraction of sp³-hybridized carbons (Fsp3) is 0.194. The number of fused-ring (bicyclic) bond motifs is 2. The number of nitrogens with one attached hydrogen (secondary N) is 2. The molecule has 4 aromatic rings. The van der Waals surface area contributed by atoms with Crippen LogP contribution in [0.5, 0.6) is 5.75 Å². The second-order valence-electron chi connectivity index (χ2n) is 9.95. The summed E-state index contributed by atoms with van der Waals surface area (Å²) in [6.07, 6.45) is 0. The van der Waals surface area contributed by atoms with Gasteiger partial charge in [-0.05, 0) is 73.2 Å². The molecule has 3 aromatic carbocycles. The molecule has 1 fully saturated rings. The van der Waals surface area contributed by atoms with Crippen LogP contribution in [0.15, 0.2) is 82.6 Å². The zero-order chi connectivity index (χ0) is 31.0. The summed E-state index contributed by atoms with van der Waals surface area (Å²) in [6, 6.07) is 18.2. The number of nitrogens with zero attached hydrogens (tertiary/aromatic N) is 1. The Morgan fingerprint density at radius 3 is 2.48 bits per heavy atom. The van der Waals surface area contributed by atoms with Crippen molar-refractivity contribution in [3.8, 4) is 5.75 Å². The molecule has 6 rings (SSSR count). The number of benzene rings is 3. The molecule has 1 saturated heterocycles. The number of anilines is 2. The lowest BCUT2D eigenvalue weighted by Gasteiger charge is -2.30. The van der Waals surface area contributed by atoms with Crippen LogP contribution in [0.4, 0.5) is 15.8 Å². The van der Waals surface area contributed by atoms with Gasteiger partial charge in [0.15, 0.2) is 6.61 Å². The summed E-state index contributed by atoms with van der Waals surface area (Å²) in [4.78, 5) is 68.8. The third-order valence-corrected chi connectivity index (χ3v) is 9.58. The van der Waals surface area contributed by atoms with E-state index in [1.807, 2.05) is 0 Å². The first kappa shape index (κ1) is 29.3. The quantitative estimate of drug-likeness (QED) is 0.213. The van der Waals surface area contributed by atoms with Gasteiger partial charge in [0.25, 0.3) is 5.91 Å². The summed E-state index contributed by atoms with van der Waals surface area (Å²) in [5, 5.41) is 2.35. The number of thiazole rings is 1. The van der Waals surface area contributed by atoms with Gasteiger partial charge in [-0.3, -0.25) is 19.2 Å². The molecule has 0 bridgehead atoms. The van der Waals surface area contributed by atoms with Crippen molar-refractivity contribution in [2.24, 2.45) is 5.92 Å². The van der Waals surface area contributed by atoms with Crippen LogP contribution in [0.3, 0.4) is 0 Å². The Hall–Kier alpha value is -4.75. The van der Waals surface area contributed by atoms with Gasteiger partial charge in [-0.2, -0.15) is 0 Å². The number of esters is 1. The highest BCUT2D eigenvalue weighted by Gasteiger charge is 2.56. The van der Waals surface area contributed by atoms with Gasteiger partial charge in [0.05, 0.1) is 28.8 Å². The molecule has 0 saturated carbocycles. The highest BCUT2D eigenvalue weighted by atomic mass is 32.2. The number of rotatable bonds is 8. The molecule has 3 unspecified atom stereocenters. The second-order valence-corrected chi connectivity index (χ2v) is 12.1. The fourth-order valence-corrected chi connectivity index (χ4v) is 7.78. The Morgan fingerprint density at radius 2 is 1.75 bits per heavy atom. The van der Waals surface area contributed by atoms with Crippen LogP contribution in [0.25, 0.3) is 0 Å². The fourth-order valence-electron chi connectivity index (χ4n) is 5.27. The van der Waals surface area contributed by atoms with Crippen LogP contribution in [0, 0.1) is 11.7 Å². The maximum atomic E-state index is 14.0. The average molecular weight is 634 g/mol. The Balaban J connectivity index is 1.26. The molecule has 10 nitrogen and oxygen atoms in total. The van der Waals surface area contributed by atoms with Gasteiger partial charge in [-0.25, -0.2) is 14.1 Å². The van der Waals surface area contributed by atoms with E-state index in [0.29, 0.717) is 38.2 Å². The van der Waals surface area contributed by atoms with E-state index in [2.05, 4.69) is 10.3 Å². The minimum absolute atomic E-state index is 0.216. The topological polar surface area (TPSA) is 135 Å². The van der Waals surface area contributed by atoms with Crippen LogP contribution in [-0.4, -0.2) is 47.1 Å². The number of aromatic amines is 1. The molecule has 0 radical (unpaired) electrons.